The number of anilines is 2. The minimum atomic E-state index is -3.49. The van der Waals surface area contributed by atoms with Crippen LogP contribution in [0.3, 0.4) is 0 Å². The smallest absolute Gasteiger partial charge is 0.255 e. The largest absolute Gasteiger partial charge is 0.506 e. The zero-order valence-electron chi connectivity index (χ0n) is 19.6. The highest BCUT2D eigenvalue weighted by Gasteiger charge is 2.17. The highest BCUT2D eigenvalue weighted by atomic mass is 32.2. The zero-order valence-corrected chi connectivity index (χ0v) is 20.4. The Bertz CT molecular complexity index is 1280. The molecule has 6 N–H and O–H groups in total. The molecule has 0 aliphatic rings. The second kappa shape index (κ2) is 11.3. The molecule has 0 aliphatic heterocycles. The van der Waals surface area contributed by atoms with E-state index in [1.807, 2.05) is 13.0 Å². The molecule has 0 unspecified atom stereocenters. The average molecular weight is 499 g/mol. The Morgan fingerprint density at radius 2 is 1.91 bits per heavy atom. The lowest BCUT2D eigenvalue weighted by Crippen LogP contribution is -2.32. The number of carbonyl (C=O) groups is 1. The van der Waals surface area contributed by atoms with Crippen LogP contribution in [0.5, 0.6) is 5.75 Å². The molecular formula is C25H30N4O5S. The summed E-state index contributed by atoms with van der Waals surface area (Å²) in [6.07, 6.45) is 1.41. The number of nitrogens with one attached hydrogen (secondary N) is 2. The van der Waals surface area contributed by atoms with Crippen molar-refractivity contribution in [1.82, 2.24) is 10.3 Å². The number of phenols is 1. The summed E-state index contributed by atoms with van der Waals surface area (Å²) < 4.78 is 24.3. The molecular weight excluding hydrogens is 468 g/mol. The van der Waals surface area contributed by atoms with Gasteiger partial charge in [0.2, 0.25) is 0 Å². The van der Waals surface area contributed by atoms with Gasteiger partial charge in [0.15, 0.2) is 9.84 Å². The molecule has 1 amide bonds. The van der Waals surface area contributed by atoms with Crippen molar-refractivity contribution in [3.8, 4) is 5.75 Å². The van der Waals surface area contributed by atoms with E-state index in [-0.39, 0.29) is 28.1 Å². The predicted octanol–water partition coefficient (Wildman–Crippen LogP) is 2.67. The summed E-state index contributed by atoms with van der Waals surface area (Å²) in [5.74, 6) is -0.398. The molecule has 2 atom stereocenters. The van der Waals surface area contributed by atoms with Crippen LogP contribution in [0.25, 0.3) is 0 Å². The first-order valence-corrected chi connectivity index (χ1v) is 12.8. The second-order valence-corrected chi connectivity index (χ2v) is 10.6. The van der Waals surface area contributed by atoms with Crippen LogP contribution in [0.4, 0.5) is 11.5 Å². The fraction of sp³-hybridized carbons (Fsp3) is 0.280. The van der Waals surface area contributed by atoms with Gasteiger partial charge in [0.05, 0.1) is 22.4 Å². The number of nitrogens with two attached hydrogens (primary N) is 1. The topological polar surface area (TPSA) is 155 Å². The Morgan fingerprint density at radius 3 is 2.60 bits per heavy atom. The van der Waals surface area contributed by atoms with Crippen molar-refractivity contribution in [2.45, 2.75) is 37.3 Å². The van der Waals surface area contributed by atoms with E-state index in [0.717, 1.165) is 5.56 Å². The highest BCUT2D eigenvalue weighted by molar-refractivity contribution is 7.91. The molecule has 3 rings (SSSR count). The molecule has 0 saturated heterocycles. The molecule has 1 heterocycles. The van der Waals surface area contributed by atoms with Gasteiger partial charge in [-0.05, 0) is 55.3 Å². The predicted molar refractivity (Wildman–Crippen MR) is 135 cm³/mol. The van der Waals surface area contributed by atoms with Crippen LogP contribution >= 0.6 is 0 Å². The molecule has 2 aromatic carbocycles. The summed E-state index contributed by atoms with van der Waals surface area (Å²) in [7, 11) is -3.49. The number of carbonyl (C=O) groups excluding carboxylic acids is 1. The summed E-state index contributed by atoms with van der Waals surface area (Å²) in [6.45, 7) is 3.82. The van der Waals surface area contributed by atoms with Crippen LogP contribution in [0, 0.1) is 0 Å². The van der Waals surface area contributed by atoms with Gasteiger partial charge < -0.3 is 26.6 Å². The number of sulfone groups is 1. The van der Waals surface area contributed by atoms with Crippen molar-refractivity contribution < 1.29 is 23.4 Å². The summed E-state index contributed by atoms with van der Waals surface area (Å²) >= 11 is 0. The molecule has 0 bridgehead atoms. The Balaban J connectivity index is 1.63. The molecule has 0 fully saturated rings. The van der Waals surface area contributed by atoms with Crippen LogP contribution in [0.2, 0.25) is 0 Å². The summed E-state index contributed by atoms with van der Waals surface area (Å²) in [5.41, 5.74) is 7.53. The van der Waals surface area contributed by atoms with E-state index in [4.69, 9.17) is 5.73 Å². The van der Waals surface area contributed by atoms with E-state index in [2.05, 4.69) is 15.6 Å². The third kappa shape index (κ3) is 7.01. The Hall–Kier alpha value is -3.47. The van der Waals surface area contributed by atoms with Gasteiger partial charge in [-0.3, -0.25) is 4.79 Å². The van der Waals surface area contributed by atoms with Gasteiger partial charge in [-0.1, -0.05) is 25.1 Å². The maximum atomic E-state index is 12.8. The molecule has 186 valence electrons. The number of amides is 1. The third-order valence-electron chi connectivity index (χ3n) is 5.54. The lowest BCUT2D eigenvalue weighted by Gasteiger charge is -2.18. The number of pyridine rings is 1. The standard InChI is InChI=1S/C25H30N4O5S/c1-3-35(33,34)20-8-9-22(30)21(13-20)29-25(32)18-6-4-5-17(12-18)11-16(2)27-15-23(31)19-7-10-24(26)28-14-19/h4-10,12-14,16,23,27,30-31H,3,11,15H2,1-2H3,(H2,26,28)(H,29,32)/t16-,23-/m1/s1. The first-order chi connectivity index (χ1) is 16.6. The van der Waals surface area contributed by atoms with E-state index in [1.165, 1.54) is 25.1 Å². The SMILES string of the molecule is CCS(=O)(=O)c1ccc(O)c(NC(=O)c2cccc(C[C@@H](C)NC[C@@H](O)c3ccc(N)nc3)c2)c1. The Labute approximate surface area is 204 Å². The lowest BCUT2D eigenvalue weighted by molar-refractivity contribution is 0.102. The van der Waals surface area contributed by atoms with Gasteiger partial charge >= 0.3 is 0 Å². The third-order valence-corrected chi connectivity index (χ3v) is 7.27. The monoisotopic (exact) mass is 498 g/mol. The van der Waals surface area contributed by atoms with Gasteiger partial charge in [0, 0.05) is 29.9 Å². The first-order valence-electron chi connectivity index (χ1n) is 11.2. The number of aliphatic hydroxyl groups is 1. The van der Waals surface area contributed by atoms with Crippen LogP contribution in [-0.4, -0.2) is 47.9 Å². The van der Waals surface area contributed by atoms with E-state index >= 15 is 0 Å². The van der Waals surface area contributed by atoms with E-state index < -0.39 is 21.8 Å². The molecule has 0 spiro atoms. The van der Waals surface area contributed by atoms with Gasteiger partial charge in [-0.2, -0.15) is 0 Å². The number of benzene rings is 2. The van der Waals surface area contributed by atoms with Crippen molar-refractivity contribution >= 4 is 27.2 Å². The van der Waals surface area contributed by atoms with E-state index in [1.54, 1.807) is 36.5 Å². The number of phenolic OH excluding ortho intramolecular Hbond substituents is 1. The molecule has 35 heavy (non-hydrogen) atoms. The van der Waals surface area contributed by atoms with Crippen molar-refractivity contribution in [1.29, 1.82) is 0 Å². The maximum absolute atomic E-state index is 12.8. The van der Waals surface area contributed by atoms with Crippen molar-refractivity contribution in [3.63, 3.8) is 0 Å². The molecule has 0 radical (unpaired) electrons. The van der Waals surface area contributed by atoms with Crippen molar-refractivity contribution in [2.75, 3.05) is 23.3 Å². The van der Waals surface area contributed by atoms with E-state index in [9.17, 15) is 23.4 Å². The number of nitrogens with zero attached hydrogens (tertiary/aromatic N) is 1. The summed E-state index contributed by atoms with van der Waals surface area (Å²) in [4.78, 5) is 16.8. The number of hydrogen-bond donors (Lipinski definition) is 5. The summed E-state index contributed by atoms with van der Waals surface area (Å²) in [6, 6.07) is 14.2. The molecule has 9 nitrogen and oxygen atoms in total. The van der Waals surface area contributed by atoms with Crippen molar-refractivity contribution in [3.05, 3.63) is 77.5 Å². The fourth-order valence-corrected chi connectivity index (χ4v) is 4.39. The Morgan fingerprint density at radius 1 is 1.14 bits per heavy atom. The van der Waals surface area contributed by atoms with Gasteiger partial charge in [0.1, 0.15) is 11.6 Å². The minimum Gasteiger partial charge on any atom is -0.506 e. The minimum absolute atomic E-state index is 0.00433. The number of rotatable bonds is 10. The molecule has 0 saturated carbocycles. The fourth-order valence-electron chi connectivity index (χ4n) is 3.48. The first kappa shape index (κ1) is 26.1. The van der Waals surface area contributed by atoms with Gasteiger partial charge in [-0.25, -0.2) is 13.4 Å². The second-order valence-electron chi connectivity index (χ2n) is 8.28. The molecule has 0 aliphatic carbocycles. The maximum Gasteiger partial charge on any atom is 0.255 e. The van der Waals surface area contributed by atoms with Crippen LogP contribution in [-0.2, 0) is 16.3 Å². The van der Waals surface area contributed by atoms with Crippen LogP contribution in [0.15, 0.2) is 65.7 Å². The van der Waals surface area contributed by atoms with E-state index in [0.29, 0.717) is 29.9 Å². The lowest BCUT2D eigenvalue weighted by atomic mass is 10.0. The molecule has 1 aromatic heterocycles. The van der Waals surface area contributed by atoms with Gasteiger partial charge in [0.25, 0.3) is 5.91 Å². The van der Waals surface area contributed by atoms with Crippen LogP contribution < -0.4 is 16.4 Å². The van der Waals surface area contributed by atoms with Crippen LogP contribution in [0.1, 0.15) is 41.4 Å². The zero-order chi connectivity index (χ0) is 25.6. The number of hydrogen-bond acceptors (Lipinski definition) is 8. The number of aromatic hydroxyl groups is 1. The summed E-state index contributed by atoms with van der Waals surface area (Å²) in [5, 5.41) is 26.3. The number of aromatic nitrogens is 1. The normalized spacial score (nSPS) is 13.2. The molecule has 10 heteroatoms. The number of aliphatic hydroxyl groups excluding tert-OH is 1. The Kier molecular flexibility index (Phi) is 8.44. The molecule has 3 aromatic rings. The average Bonchev–Trinajstić information content (AvgIpc) is 2.84. The van der Waals surface area contributed by atoms with Crippen molar-refractivity contribution in [2.24, 2.45) is 0 Å². The highest BCUT2D eigenvalue weighted by Crippen LogP contribution is 2.27. The van der Waals surface area contributed by atoms with Gasteiger partial charge in [-0.15, -0.1) is 0 Å². The number of nitrogen functional groups attached to an aromatic ring is 1. The quantitative estimate of drug-likeness (QED) is 0.267.